The Morgan fingerprint density at radius 1 is 0.938 bits per heavy atom. The molecule has 0 aromatic heterocycles. The van der Waals surface area contributed by atoms with Crippen LogP contribution >= 0.6 is 11.6 Å². The van der Waals surface area contributed by atoms with E-state index in [2.05, 4.69) is 29.2 Å². The first-order chi connectivity index (χ1) is 15.5. The predicted octanol–water partition coefficient (Wildman–Crippen LogP) is 2.14. The molecule has 5 atom stereocenters. The summed E-state index contributed by atoms with van der Waals surface area (Å²) in [5.41, 5.74) is 6.27. The number of aliphatic hydroxyl groups excluding tert-OH is 4. The van der Waals surface area contributed by atoms with E-state index in [-0.39, 0.29) is 0 Å². The summed E-state index contributed by atoms with van der Waals surface area (Å²) >= 11 is 6.83. The molecular weight excluding hydrogens is 430 g/mol. The highest BCUT2D eigenvalue weighted by Crippen LogP contribution is 2.42. The summed E-state index contributed by atoms with van der Waals surface area (Å²) in [5.74, 6) is 0. The highest BCUT2D eigenvalue weighted by molar-refractivity contribution is 6.32. The van der Waals surface area contributed by atoms with Crippen LogP contribution in [-0.2, 0) is 24.0 Å². The highest BCUT2D eigenvalue weighted by Gasteiger charge is 2.45. The average Bonchev–Trinajstić information content (AvgIpc) is 3.25. The molecule has 172 valence electrons. The Labute approximate surface area is 193 Å². The fourth-order valence-electron chi connectivity index (χ4n) is 5.20. The third kappa shape index (κ3) is 3.83. The van der Waals surface area contributed by atoms with Gasteiger partial charge in [0.05, 0.1) is 6.61 Å². The first kappa shape index (κ1) is 22.1. The summed E-state index contributed by atoms with van der Waals surface area (Å²) < 4.78 is 5.89. The third-order valence-corrected chi connectivity index (χ3v) is 7.66. The maximum atomic E-state index is 10.7. The van der Waals surface area contributed by atoms with Crippen LogP contribution in [0.5, 0.6) is 0 Å². The van der Waals surface area contributed by atoms with Gasteiger partial charge >= 0.3 is 0 Å². The molecule has 2 fully saturated rings. The summed E-state index contributed by atoms with van der Waals surface area (Å²) in [5, 5.41) is 41.6. The van der Waals surface area contributed by atoms with Crippen molar-refractivity contribution < 1.29 is 25.2 Å². The molecule has 2 aromatic carbocycles. The summed E-state index contributed by atoms with van der Waals surface area (Å²) in [6, 6.07) is 10.5. The minimum Gasteiger partial charge on any atom is -0.394 e. The number of anilines is 1. The van der Waals surface area contributed by atoms with Crippen molar-refractivity contribution in [1.82, 2.24) is 0 Å². The molecule has 0 bridgehead atoms. The molecule has 2 saturated heterocycles. The minimum atomic E-state index is -1.39. The van der Waals surface area contributed by atoms with Crippen molar-refractivity contribution >= 4 is 17.3 Å². The van der Waals surface area contributed by atoms with Crippen LogP contribution in [0.4, 0.5) is 5.69 Å². The van der Waals surface area contributed by atoms with Gasteiger partial charge in [-0.1, -0.05) is 29.8 Å². The Hall–Kier alpha value is -1.67. The van der Waals surface area contributed by atoms with Gasteiger partial charge in [0.25, 0.3) is 0 Å². The predicted molar refractivity (Wildman–Crippen MR) is 122 cm³/mol. The number of aliphatic hydroxyl groups is 4. The van der Waals surface area contributed by atoms with Crippen LogP contribution in [0.3, 0.4) is 0 Å². The van der Waals surface area contributed by atoms with Gasteiger partial charge in [0.2, 0.25) is 0 Å². The average molecular weight is 460 g/mol. The second-order valence-electron chi connectivity index (χ2n) is 9.18. The van der Waals surface area contributed by atoms with Crippen LogP contribution in [0.2, 0.25) is 5.02 Å². The van der Waals surface area contributed by atoms with E-state index in [4.69, 9.17) is 16.3 Å². The van der Waals surface area contributed by atoms with E-state index in [1.807, 2.05) is 6.07 Å². The molecule has 2 aromatic rings. The molecule has 4 N–H and O–H groups in total. The van der Waals surface area contributed by atoms with E-state index in [0.717, 1.165) is 65.2 Å². The van der Waals surface area contributed by atoms with Crippen LogP contribution in [0.25, 0.3) is 0 Å². The smallest absolute Gasteiger partial charge is 0.113 e. The van der Waals surface area contributed by atoms with Gasteiger partial charge in [-0.05, 0) is 72.1 Å². The SMILES string of the molecule is OC[C@H]1O[C@@H](c2cc(Cc3ccc(N4CCC4)cc3)c(Cl)c3c2CCC3)[C@H](O)[C@@H](O)[C@@H]1O. The summed E-state index contributed by atoms with van der Waals surface area (Å²) in [4.78, 5) is 2.35. The Morgan fingerprint density at radius 3 is 2.31 bits per heavy atom. The molecule has 1 aliphatic carbocycles. The molecular formula is C25H30ClNO5. The fraction of sp³-hybridized carbons (Fsp3) is 0.520. The molecule has 3 aliphatic rings. The topological polar surface area (TPSA) is 93.4 Å². The Balaban J connectivity index is 1.48. The lowest BCUT2D eigenvalue weighted by atomic mass is 9.86. The van der Waals surface area contributed by atoms with Gasteiger partial charge < -0.3 is 30.1 Å². The molecule has 7 heteroatoms. The zero-order chi connectivity index (χ0) is 22.4. The maximum absolute atomic E-state index is 10.7. The number of ether oxygens (including phenoxy) is 1. The number of hydrogen-bond acceptors (Lipinski definition) is 6. The highest BCUT2D eigenvalue weighted by atomic mass is 35.5. The van der Waals surface area contributed by atoms with Crippen LogP contribution in [0.15, 0.2) is 30.3 Å². The van der Waals surface area contributed by atoms with Gasteiger partial charge in [-0.25, -0.2) is 0 Å². The Kier molecular flexibility index (Phi) is 6.18. The standard InChI is InChI=1S/C25H30ClNO5/c26-21-15(11-14-5-7-16(8-6-14)27-9-2-10-27)12-19(17-3-1-4-18(17)21)25-24(31)23(30)22(29)20(13-28)32-25/h5-8,12,20,22-25,28-31H,1-4,9-11,13H2/t20-,22-,23+,24-,25+/m1/s1. The zero-order valence-corrected chi connectivity index (χ0v) is 18.7. The third-order valence-electron chi connectivity index (χ3n) is 7.19. The summed E-state index contributed by atoms with van der Waals surface area (Å²) in [6.07, 6.45) is -1.26. The van der Waals surface area contributed by atoms with Crippen molar-refractivity contribution in [2.24, 2.45) is 0 Å². The summed E-state index contributed by atoms with van der Waals surface area (Å²) in [6.45, 7) is 1.78. The van der Waals surface area contributed by atoms with Crippen LogP contribution in [-0.4, -0.2) is 64.5 Å². The fourth-order valence-corrected chi connectivity index (χ4v) is 5.53. The molecule has 0 amide bonds. The Bertz CT molecular complexity index is 975. The molecule has 2 aliphatic heterocycles. The molecule has 0 saturated carbocycles. The van der Waals surface area contributed by atoms with Crippen molar-refractivity contribution in [3.8, 4) is 0 Å². The number of fused-ring (bicyclic) bond motifs is 1. The molecule has 2 heterocycles. The van der Waals surface area contributed by atoms with Crippen molar-refractivity contribution in [2.45, 2.75) is 62.6 Å². The quantitative estimate of drug-likeness (QED) is 0.547. The largest absolute Gasteiger partial charge is 0.394 e. The summed E-state index contributed by atoms with van der Waals surface area (Å²) in [7, 11) is 0. The van der Waals surface area contributed by atoms with Crippen molar-refractivity contribution in [3.63, 3.8) is 0 Å². The monoisotopic (exact) mass is 459 g/mol. The lowest BCUT2D eigenvalue weighted by Crippen LogP contribution is -2.55. The molecule has 0 radical (unpaired) electrons. The van der Waals surface area contributed by atoms with E-state index in [9.17, 15) is 20.4 Å². The zero-order valence-electron chi connectivity index (χ0n) is 18.0. The molecule has 6 nitrogen and oxygen atoms in total. The number of nitrogens with zero attached hydrogens (tertiary/aromatic N) is 1. The first-order valence-electron chi connectivity index (χ1n) is 11.5. The van der Waals surface area contributed by atoms with Gasteiger partial charge in [-0.3, -0.25) is 0 Å². The van der Waals surface area contributed by atoms with E-state index < -0.39 is 37.1 Å². The second kappa shape index (κ2) is 8.93. The molecule has 5 rings (SSSR count). The van der Waals surface area contributed by atoms with Crippen LogP contribution < -0.4 is 4.90 Å². The maximum Gasteiger partial charge on any atom is 0.113 e. The number of hydrogen-bond donors (Lipinski definition) is 4. The van der Waals surface area contributed by atoms with Crippen molar-refractivity contribution in [1.29, 1.82) is 0 Å². The van der Waals surface area contributed by atoms with Crippen LogP contribution in [0, 0.1) is 0 Å². The molecule has 32 heavy (non-hydrogen) atoms. The van der Waals surface area contributed by atoms with Gasteiger partial charge in [0.15, 0.2) is 0 Å². The number of rotatable bonds is 5. The first-order valence-corrected chi connectivity index (χ1v) is 11.8. The van der Waals surface area contributed by atoms with Gasteiger partial charge in [-0.2, -0.15) is 0 Å². The van der Waals surface area contributed by atoms with E-state index >= 15 is 0 Å². The minimum absolute atomic E-state index is 0.437. The van der Waals surface area contributed by atoms with Gasteiger partial charge in [0.1, 0.15) is 30.5 Å². The van der Waals surface area contributed by atoms with E-state index in [1.165, 1.54) is 12.1 Å². The van der Waals surface area contributed by atoms with Crippen molar-refractivity contribution in [2.75, 3.05) is 24.6 Å². The normalized spacial score (nSPS) is 29.7. The van der Waals surface area contributed by atoms with E-state index in [1.54, 1.807) is 0 Å². The second-order valence-corrected chi connectivity index (χ2v) is 9.56. The number of halogens is 1. The van der Waals surface area contributed by atoms with Gasteiger partial charge in [0, 0.05) is 23.8 Å². The van der Waals surface area contributed by atoms with Crippen molar-refractivity contribution in [3.05, 3.63) is 63.2 Å². The number of benzene rings is 2. The lowest BCUT2D eigenvalue weighted by Gasteiger charge is -2.41. The van der Waals surface area contributed by atoms with Crippen LogP contribution in [0.1, 0.15) is 46.8 Å². The Morgan fingerprint density at radius 2 is 1.66 bits per heavy atom. The van der Waals surface area contributed by atoms with E-state index in [0.29, 0.717) is 6.42 Å². The van der Waals surface area contributed by atoms with Gasteiger partial charge in [-0.15, -0.1) is 0 Å². The molecule has 0 unspecified atom stereocenters. The molecule has 0 spiro atoms. The lowest BCUT2D eigenvalue weighted by molar-refractivity contribution is -0.231.